The predicted molar refractivity (Wildman–Crippen MR) is 57.2 cm³/mol. The van der Waals surface area contributed by atoms with Crippen LogP contribution in [0.1, 0.15) is 25.2 Å². The van der Waals surface area contributed by atoms with E-state index in [0.29, 0.717) is 12.2 Å². The summed E-state index contributed by atoms with van der Waals surface area (Å²) >= 11 is 0. The summed E-state index contributed by atoms with van der Waals surface area (Å²) in [5, 5.41) is 9.58. The maximum atomic E-state index is 9.58. The topological polar surface area (TPSA) is 46.3 Å². The smallest absolute Gasteiger partial charge is 0.135 e. The van der Waals surface area contributed by atoms with Gasteiger partial charge < -0.3 is 9.52 Å². The van der Waals surface area contributed by atoms with Crippen LogP contribution in [0.5, 0.6) is 0 Å². The number of aliphatic hydroxyl groups excluding tert-OH is 1. The van der Waals surface area contributed by atoms with E-state index in [0.717, 1.165) is 11.3 Å². The summed E-state index contributed by atoms with van der Waals surface area (Å²) in [6.07, 6.45) is 3.59. The van der Waals surface area contributed by atoms with E-state index in [-0.39, 0.29) is 0 Å². The third-order valence-electron chi connectivity index (χ3n) is 2.29. The Morgan fingerprint density at radius 2 is 2.27 bits per heavy atom. The van der Waals surface area contributed by atoms with Crippen molar-refractivity contribution in [2.24, 2.45) is 0 Å². The van der Waals surface area contributed by atoms with Crippen molar-refractivity contribution in [3.8, 4) is 11.3 Å². The van der Waals surface area contributed by atoms with Gasteiger partial charge >= 0.3 is 0 Å². The fraction of sp³-hybridized carbons (Fsp3) is 0.250. The second-order valence-electron chi connectivity index (χ2n) is 3.37. The van der Waals surface area contributed by atoms with Crippen LogP contribution in [-0.4, -0.2) is 10.1 Å². The highest BCUT2D eigenvalue weighted by atomic mass is 16.4. The van der Waals surface area contributed by atoms with Crippen LogP contribution in [0.3, 0.4) is 0 Å². The highest BCUT2D eigenvalue weighted by Gasteiger charge is 2.10. The molecule has 0 amide bonds. The molecule has 0 aromatic carbocycles. The Bertz CT molecular complexity index is 422. The van der Waals surface area contributed by atoms with Crippen LogP contribution in [0.4, 0.5) is 0 Å². The number of hydrogen-bond acceptors (Lipinski definition) is 3. The van der Waals surface area contributed by atoms with Crippen molar-refractivity contribution in [2.75, 3.05) is 0 Å². The first-order chi connectivity index (χ1) is 7.31. The van der Waals surface area contributed by atoms with Crippen LogP contribution < -0.4 is 0 Å². The molecule has 0 saturated carbocycles. The molecule has 0 fully saturated rings. The zero-order valence-corrected chi connectivity index (χ0v) is 8.55. The molecule has 0 aliphatic carbocycles. The van der Waals surface area contributed by atoms with Crippen molar-refractivity contribution in [2.45, 2.75) is 19.4 Å². The normalized spacial score (nSPS) is 12.7. The van der Waals surface area contributed by atoms with Gasteiger partial charge in [-0.05, 0) is 30.7 Å². The van der Waals surface area contributed by atoms with Gasteiger partial charge in [0.15, 0.2) is 0 Å². The van der Waals surface area contributed by atoms with Crippen molar-refractivity contribution in [3.05, 3.63) is 42.4 Å². The SMILES string of the molecule is CCC(O)c1ccc(-c2cccnc2)o1. The predicted octanol–water partition coefficient (Wildman–Crippen LogP) is 2.79. The fourth-order valence-electron chi connectivity index (χ4n) is 1.40. The van der Waals surface area contributed by atoms with E-state index in [9.17, 15) is 5.11 Å². The van der Waals surface area contributed by atoms with Crippen molar-refractivity contribution >= 4 is 0 Å². The second-order valence-corrected chi connectivity index (χ2v) is 3.37. The molecule has 3 nitrogen and oxygen atoms in total. The first-order valence-corrected chi connectivity index (χ1v) is 4.99. The summed E-state index contributed by atoms with van der Waals surface area (Å²) in [5.41, 5.74) is 0.923. The van der Waals surface area contributed by atoms with Crippen LogP contribution in [0.25, 0.3) is 11.3 Å². The average Bonchev–Trinajstić information content (AvgIpc) is 2.78. The summed E-state index contributed by atoms with van der Waals surface area (Å²) in [5.74, 6) is 1.35. The summed E-state index contributed by atoms with van der Waals surface area (Å²) in [7, 11) is 0. The maximum Gasteiger partial charge on any atom is 0.135 e. The Labute approximate surface area is 88.4 Å². The number of nitrogens with zero attached hydrogens (tertiary/aromatic N) is 1. The molecule has 0 spiro atoms. The molecule has 2 rings (SSSR count). The Hall–Kier alpha value is -1.61. The minimum absolute atomic E-state index is 0.518. The quantitative estimate of drug-likeness (QED) is 0.834. The first kappa shape index (κ1) is 9.93. The number of aliphatic hydroxyl groups is 1. The minimum Gasteiger partial charge on any atom is -0.458 e. The molecule has 0 radical (unpaired) electrons. The van der Waals surface area contributed by atoms with Crippen LogP contribution in [0.2, 0.25) is 0 Å². The fourth-order valence-corrected chi connectivity index (χ4v) is 1.40. The van der Waals surface area contributed by atoms with Gasteiger partial charge in [-0.1, -0.05) is 6.92 Å². The molecule has 78 valence electrons. The summed E-state index contributed by atoms with van der Waals surface area (Å²) in [6, 6.07) is 7.43. The van der Waals surface area contributed by atoms with Gasteiger partial charge in [0.25, 0.3) is 0 Å². The van der Waals surface area contributed by atoms with Gasteiger partial charge in [0.2, 0.25) is 0 Å². The Morgan fingerprint density at radius 1 is 1.40 bits per heavy atom. The van der Waals surface area contributed by atoms with Gasteiger partial charge in [-0.2, -0.15) is 0 Å². The molecule has 3 heteroatoms. The summed E-state index contributed by atoms with van der Waals surface area (Å²) in [6.45, 7) is 1.91. The lowest BCUT2D eigenvalue weighted by atomic mass is 10.2. The first-order valence-electron chi connectivity index (χ1n) is 4.99. The Balaban J connectivity index is 2.28. The van der Waals surface area contributed by atoms with Crippen LogP contribution in [-0.2, 0) is 0 Å². The molecule has 0 aliphatic rings. The lowest BCUT2D eigenvalue weighted by Crippen LogP contribution is -1.91. The van der Waals surface area contributed by atoms with Crippen molar-refractivity contribution in [1.82, 2.24) is 4.98 Å². The third-order valence-corrected chi connectivity index (χ3v) is 2.29. The largest absolute Gasteiger partial charge is 0.458 e. The van der Waals surface area contributed by atoms with Gasteiger partial charge in [0.05, 0.1) is 0 Å². The summed E-state index contributed by atoms with van der Waals surface area (Å²) in [4.78, 5) is 4.01. The third kappa shape index (κ3) is 2.07. The van der Waals surface area contributed by atoms with E-state index >= 15 is 0 Å². The van der Waals surface area contributed by atoms with E-state index in [1.165, 1.54) is 0 Å². The lowest BCUT2D eigenvalue weighted by molar-refractivity contribution is 0.147. The van der Waals surface area contributed by atoms with Crippen LogP contribution in [0, 0.1) is 0 Å². The molecule has 1 N–H and O–H groups in total. The maximum absolute atomic E-state index is 9.58. The average molecular weight is 203 g/mol. The van der Waals surface area contributed by atoms with E-state index in [1.807, 2.05) is 25.1 Å². The molecule has 1 atom stereocenters. The van der Waals surface area contributed by atoms with Gasteiger partial charge in [-0.3, -0.25) is 4.98 Å². The molecule has 0 bridgehead atoms. The molecule has 0 saturated heterocycles. The molecular weight excluding hydrogens is 190 g/mol. The Morgan fingerprint density at radius 3 is 2.93 bits per heavy atom. The standard InChI is InChI=1S/C12H13NO2/c1-2-10(14)12-6-5-11(15-12)9-4-3-7-13-8-9/h3-8,10,14H,2H2,1H3. The number of rotatable bonds is 3. The van der Waals surface area contributed by atoms with Gasteiger partial charge in [0.1, 0.15) is 17.6 Å². The highest BCUT2D eigenvalue weighted by Crippen LogP contribution is 2.25. The molecule has 2 heterocycles. The molecular formula is C12H13NO2. The van der Waals surface area contributed by atoms with Gasteiger partial charge in [0, 0.05) is 18.0 Å². The van der Waals surface area contributed by atoms with Gasteiger partial charge in [-0.25, -0.2) is 0 Å². The Kier molecular flexibility index (Phi) is 2.83. The number of aromatic nitrogens is 1. The number of hydrogen-bond donors (Lipinski definition) is 1. The zero-order valence-electron chi connectivity index (χ0n) is 8.55. The van der Waals surface area contributed by atoms with E-state index in [4.69, 9.17) is 4.42 Å². The monoisotopic (exact) mass is 203 g/mol. The lowest BCUT2D eigenvalue weighted by Gasteiger charge is -2.02. The van der Waals surface area contributed by atoms with E-state index < -0.39 is 6.10 Å². The summed E-state index contributed by atoms with van der Waals surface area (Å²) < 4.78 is 5.53. The number of pyridine rings is 1. The molecule has 15 heavy (non-hydrogen) atoms. The van der Waals surface area contributed by atoms with E-state index in [1.54, 1.807) is 18.5 Å². The molecule has 2 aromatic heterocycles. The van der Waals surface area contributed by atoms with Crippen LogP contribution >= 0.6 is 0 Å². The van der Waals surface area contributed by atoms with Crippen molar-refractivity contribution in [3.63, 3.8) is 0 Å². The van der Waals surface area contributed by atoms with Crippen LogP contribution in [0.15, 0.2) is 41.1 Å². The zero-order chi connectivity index (χ0) is 10.7. The van der Waals surface area contributed by atoms with Gasteiger partial charge in [-0.15, -0.1) is 0 Å². The molecule has 2 aromatic rings. The van der Waals surface area contributed by atoms with Crippen molar-refractivity contribution in [1.29, 1.82) is 0 Å². The minimum atomic E-state index is -0.518. The van der Waals surface area contributed by atoms with Crippen molar-refractivity contribution < 1.29 is 9.52 Å². The second kappa shape index (κ2) is 4.28. The highest BCUT2D eigenvalue weighted by molar-refractivity contribution is 5.55. The van der Waals surface area contributed by atoms with E-state index in [2.05, 4.69) is 4.98 Å². The molecule has 1 unspecified atom stereocenters. The number of furan rings is 1. The molecule has 0 aliphatic heterocycles.